The van der Waals surface area contributed by atoms with Gasteiger partial charge in [0.2, 0.25) is 0 Å². The van der Waals surface area contributed by atoms with Crippen molar-refractivity contribution >= 4 is 29.4 Å². The Labute approximate surface area is 171 Å². The molecule has 176 valence electrons. The van der Waals surface area contributed by atoms with E-state index in [1.165, 1.54) is 0 Å². The van der Waals surface area contributed by atoms with Crippen LogP contribution in [0.2, 0.25) is 0 Å². The summed E-state index contributed by atoms with van der Waals surface area (Å²) in [6.45, 7) is -1.09. The van der Waals surface area contributed by atoms with Gasteiger partial charge in [0.25, 0.3) is 5.91 Å². The first kappa shape index (κ1) is 26.1. The number of primary amides is 1. The molecule has 20 heteroatoms. The summed E-state index contributed by atoms with van der Waals surface area (Å²) in [5.74, 6) is -2.48. The zero-order valence-electron chi connectivity index (χ0n) is 14.9. The lowest BCUT2D eigenvalue weighted by molar-refractivity contribution is -0.0232. The monoisotopic (exact) mass is 512 g/mol. The smallest absolute Gasteiger partial charge is 0.387 e. The number of ether oxygens (including phenoxy) is 1. The Balaban J connectivity index is 2.10. The molecule has 8 N–H and O–H groups in total. The highest BCUT2D eigenvalue weighted by molar-refractivity contribution is 7.66. The van der Waals surface area contributed by atoms with E-state index in [2.05, 4.69) is 18.1 Å². The zero-order valence-corrected chi connectivity index (χ0v) is 17.5. The summed E-state index contributed by atoms with van der Waals surface area (Å²) < 4.78 is 64.4. The van der Waals surface area contributed by atoms with Crippen LogP contribution < -0.4 is 5.73 Å². The predicted octanol–water partition coefficient (Wildman–Crippen LogP) is -1.18. The van der Waals surface area contributed by atoms with Crippen molar-refractivity contribution < 1.29 is 70.5 Å². The Morgan fingerprint density at radius 3 is 2.29 bits per heavy atom. The van der Waals surface area contributed by atoms with Crippen molar-refractivity contribution in [3.05, 3.63) is 29.3 Å². The van der Waals surface area contributed by atoms with Crippen LogP contribution in [-0.2, 0) is 31.6 Å². The second-order valence-electron chi connectivity index (χ2n) is 5.89. The molecule has 2 unspecified atom stereocenters. The van der Waals surface area contributed by atoms with Gasteiger partial charge in [-0.15, -0.1) is 0 Å². The van der Waals surface area contributed by atoms with Gasteiger partial charge in [-0.05, 0) is 6.07 Å². The van der Waals surface area contributed by atoms with Gasteiger partial charge in [0, 0.05) is 11.8 Å². The maximum Gasteiger partial charge on any atom is 0.490 e. The lowest BCUT2D eigenvalue weighted by Gasteiger charge is -2.19. The molecule has 31 heavy (non-hydrogen) atoms. The maximum absolute atomic E-state index is 14.4. The van der Waals surface area contributed by atoms with Gasteiger partial charge in [0.05, 0.1) is 6.61 Å². The Morgan fingerprint density at radius 2 is 1.74 bits per heavy atom. The number of nitrogens with zero attached hydrogens (tertiary/aromatic N) is 1. The van der Waals surface area contributed by atoms with Crippen LogP contribution in [0.4, 0.5) is 4.39 Å². The normalized spacial score (nSPS) is 28.1. The average Bonchev–Trinajstić information content (AvgIpc) is 2.85. The summed E-state index contributed by atoms with van der Waals surface area (Å²) in [6.07, 6.45) is -5.94. The summed E-state index contributed by atoms with van der Waals surface area (Å²) in [4.78, 5) is 50.0. The van der Waals surface area contributed by atoms with Crippen LogP contribution in [-0.4, -0.2) is 65.6 Å². The number of carbonyl (C=O) groups is 1. The van der Waals surface area contributed by atoms with Gasteiger partial charge in [-0.3, -0.25) is 9.32 Å². The first-order chi connectivity index (χ1) is 14.0. The standard InChI is InChI=1S/C11H16FN2O14P3/c12-6-4(1-2-14-7(6)11(13)17)10-9(16)8(15)5(26-10)3-25-30(21,22)28-31(23,24)27-29(18,19)20/h1-2,5,8-10,15-16H,3H2,(H2,13,17)(H,21,22)(H,23,24)(H2,18,19,20)/t5-,8-,9-,10+/m1/s1. The molecule has 0 spiro atoms. The summed E-state index contributed by atoms with van der Waals surface area (Å²) in [5, 5.41) is 20.1. The molecular formula is C11H16FN2O14P3. The zero-order chi connectivity index (χ0) is 23.8. The van der Waals surface area contributed by atoms with E-state index in [9.17, 15) is 38.0 Å². The Kier molecular flexibility index (Phi) is 7.89. The fourth-order valence-corrected chi connectivity index (χ4v) is 5.49. The van der Waals surface area contributed by atoms with E-state index in [0.29, 0.717) is 0 Å². The molecule has 1 amide bonds. The first-order valence-electron chi connectivity index (χ1n) is 7.77. The number of rotatable bonds is 9. The molecule has 2 rings (SSSR count). The van der Waals surface area contributed by atoms with Crippen molar-refractivity contribution in [3.63, 3.8) is 0 Å². The van der Waals surface area contributed by atoms with Gasteiger partial charge in [-0.2, -0.15) is 8.62 Å². The molecule has 0 radical (unpaired) electrons. The van der Waals surface area contributed by atoms with E-state index >= 15 is 0 Å². The average molecular weight is 512 g/mol. The lowest BCUT2D eigenvalue weighted by Crippen LogP contribution is -2.33. The molecule has 0 saturated carbocycles. The molecule has 0 aromatic carbocycles. The van der Waals surface area contributed by atoms with E-state index in [1.54, 1.807) is 0 Å². The number of hydrogen-bond acceptors (Lipinski definition) is 11. The van der Waals surface area contributed by atoms with Crippen LogP contribution in [0, 0.1) is 5.82 Å². The van der Waals surface area contributed by atoms with Crippen molar-refractivity contribution in [2.45, 2.75) is 24.4 Å². The van der Waals surface area contributed by atoms with E-state index in [0.717, 1.165) is 12.3 Å². The molecule has 0 aliphatic carbocycles. The molecule has 6 atom stereocenters. The van der Waals surface area contributed by atoms with E-state index in [-0.39, 0.29) is 0 Å². The summed E-state index contributed by atoms with van der Waals surface area (Å²) in [5.41, 5.74) is 3.75. The molecule has 0 bridgehead atoms. The van der Waals surface area contributed by atoms with E-state index in [4.69, 9.17) is 25.2 Å². The number of aliphatic hydroxyl groups is 2. The van der Waals surface area contributed by atoms with Crippen LogP contribution in [0.3, 0.4) is 0 Å². The maximum atomic E-state index is 14.4. The highest BCUT2D eigenvalue weighted by atomic mass is 31.3. The number of pyridine rings is 1. The van der Waals surface area contributed by atoms with Gasteiger partial charge >= 0.3 is 23.5 Å². The highest BCUT2D eigenvalue weighted by Crippen LogP contribution is 2.66. The van der Waals surface area contributed by atoms with E-state index < -0.39 is 77.5 Å². The molecule has 1 aromatic heterocycles. The highest BCUT2D eigenvalue weighted by Gasteiger charge is 2.47. The molecule has 1 aliphatic rings. The fourth-order valence-electron chi connectivity index (χ4n) is 2.46. The predicted molar refractivity (Wildman–Crippen MR) is 92.2 cm³/mol. The number of amides is 1. The topological polar surface area (TPSA) is 265 Å². The lowest BCUT2D eigenvalue weighted by atomic mass is 10.0. The van der Waals surface area contributed by atoms with E-state index in [1.807, 2.05) is 0 Å². The van der Waals surface area contributed by atoms with Gasteiger partial charge in [0.15, 0.2) is 11.5 Å². The quantitative estimate of drug-likeness (QED) is 0.192. The molecular weight excluding hydrogens is 496 g/mol. The molecule has 1 aromatic rings. The minimum absolute atomic E-state index is 0.434. The van der Waals surface area contributed by atoms with Gasteiger partial charge in [0.1, 0.15) is 24.4 Å². The van der Waals surface area contributed by atoms with Crippen LogP contribution in [0.1, 0.15) is 22.2 Å². The minimum Gasteiger partial charge on any atom is -0.387 e. The molecule has 1 fully saturated rings. The largest absolute Gasteiger partial charge is 0.490 e. The van der Waals surface area contributed by atoms with Crippen LogP contribution in [0.5, 0.6) is 0 Å². The van der Waals surface area contributed by atoms with Crippen LogP contribution >= 0.6 is 23.5 Å². The van der Waals surface area contributed by atoms with Crippen LogP contribution in [0.25, 0.3) is 0 Å². The van der Waals surface area contributed by atoms with Crippen molar-refractivity contribution in [2.24, 2.45) is 5.73 Å². The second kappa shape index (κ2) is 9.37. The second-order valence-corrected chi connectivity index (χ2v) is 10.3. The summed E-state index contributed by atoms with van der Waals surface area (Å²) in [6, 6.07) is 1.01. The number of hydrogen-bond donors (Lipinski definition) is 7. The Morgan fingerprint density at radius 1 is 1.13 bits per heavy atom. The van der Waals surface area contributed by atoms with Crippen molar-refractivity contribution in [1.29, 1.82) is 0 Å². The first-order valence-corrected chi connectivity index (χ1v) is 12.3. The Bertz CT molecular complexity index is 986. The number of halogens is 1. The van der Waals surface area contributed by atoms with Crippen molar-refractivity contribution in [3.8, 4) is 0 Å². The van der Waals surface area contributed by atoms with Gasteiger partial charge in [-0.1, -0.05) is 0 Å². The fraction of sp³-hybridized carbons (Fsp3) is 0.455. The van der Waals surface area contributed by atoms with Crippen LogP contribution in [0.15, 0.2) is 12.3 Å². The molecule has 16 nitrogen and oxygen atoms in total. The van der Waals surface area contributed by atoms with Gasteiger partial charge < -0.3 is 40.3 Å². The SMILES string of the molecule is NC(=O)c1nccc([C@@H]2O[C@H](COP(=O)(O)OP(=O)(O)OP(=O)(O)O)[C@@H](O)[C@H]2O)c1F. The molecule has 1 aliphatic heterocycles. The van der Waals surface area contributed by atoms with Gasteiger partial charge in [-0.25, -0.2) is 23.1 Å². The summed E-state index contributed by atoms with van der Waals surface area (Å²) in [7, 11) is -16.9. The number of carbonyl (C=O) groups excluding carboxylic acids is 1. The third-order valence-corrected chi connectivity index (χ3v) is 7.44. The molecule has 1 saturated heterocycles. The number of phosphoric ester groups is 1. The number of aliphatic hydroxyl groups excluding tert-OH is 2. The minimum atomic E-state index is -5.76. The third kappa shape index (κ3) is 6.91. The Hall–Kier alpha value is -1.16. The number of aromatic nitrogens is 1. The molecule has 2 heterocycles. The number of nitrogens with two attached hydrogens (primary N) is 1. The number of phosphoric acid groups is 3. The summed E-state index contributed by atoms with van der Waals surface area (Å²) >= 11 is 0. The third-order valence-electron chi connectivity index (χ3n) is 3.64. The van der Waals surface area contributed by atoms with Crippen molar-refractivity contribution in [2.75, 3.05) is 6.61 Å². The van der Waals surface area contributed by atoms with Crippen molar-refractivity contribution in [1.82, 2.24) is 4.98 Å².